The Balaban J connectivity index is 1.57. The third kappa shape index (κ3) is 5.80. The lowest BCUT2D eigenvalue weighted by molar-refractivity contribution is -0.137. The van der Waals surface area contributed by atoms with Gasteiger partial charge >= 0.3 is 18.0 Å². The first-order valence-corrected chi connectivity index (χ1v) is 10.4. The van der Waals surface area contributed by atoms with Crippen molar-refractivity contribution in [3.8, 4) is 0 Å². The first kappa shape index (κ1) is 22.3. The summed E-state index contributed by atoms with van der Waals surface area (Å²) in [5.41, 5.74) is 0.375. The molecule has 0 bridgehead atoms. The number of likely N-dealkylation sites (N-methyl/N-ethyl adjacent to an activating group) is 1. The van der Waals surface area contributed by atoms with E-state index in [0.29, 0.717) is 0 Å². The molecule has 1 aliphatic rings. The second-order valence-corrected chi connectivity index (χ2v) is 7.93. The van der Waals surface area contributed by atoms with Gasteiger partial charge in [0, 0.05) is 38.4 Å². The van der Waals surface area contributed by atoms with Crippen molar-refractivity contribution in [2.45, 2.75) is 12.2 Å². The van der Waals surface area contributed by atoms with Gasteiger partial charge in [-0.2, -0.15) is 24.5 Å². The van der Waals surface area contributed by atoms with Gasteiger partial charge in [-0.3, -0.25) is 14.5 Å². The molecule has 162 valence electrons. The molecule has 1 atom stereocenters. The number of nitrogens with one attached hydrogen (secondary N) is 2. The molecule has 6 nitrogen and oxygen atoms in total. The van der Waals surface area contributed by atoms with Crippen LogP contribution in [0, 0.1) is 0 Å². The molecule has 1 fully saturated rings. The van der Waals surface area contributed by atoms with E-state index < -0.39 is 23.6 Å². The summed E-state index contributed by atoms with van der Waals surface area (Å²) in [7, 11) is 2.06. The van der Waals surface area contributed by atoms with Gasteiger partial charge in [-0.25, -0.2) is 0 Å². The third-order valence-electron chi connectivity index (χ3n) is 5.04. The van der Waals surface area contributed by atoms with Crippen LogP contribution in [0.2, 0.25) is 0 Å². The van der Waals surface area contributed by atoms with E-state index in [2.05, 4.69) is 27.5 Å². The van der Waals surface area contributed by atoms with E-state index in [4.69, 9.17) is 0 Å². The Labute approximate surface area is 176 Å². The molecule has 0 spiro atoms. The predicted octanol–water partition coefficient (Wildman–Crippen LogP) is 2.81. The summed E-state index contributed by atoms with van der Waals surface area (Å²) in [6, 6.07) is 5.90. The van der Waals surface area contributed by atoms with E-state index in [1.807, 2.05) is 16.8 Å². The van der Waals surface area contributed by atoms with Gasteiger partial charge in [-0.1, -0.05) is 0 Å². The molecule has 0 saturated carbocycles. The predicted molar refractivity (Wildman–Crippen MR) is 109 cm³/mol. The second-order valence-electron chi connectivity index (χ2n) is 7.15. The van der Waals surface area contributed by atoms with Gasteiger partial charge in [0.1, 0.15) is 0 Å². The SMILES string of the molecule is CN1CCN(C(CNC(=O)C(=O)Nc2ccc(C(F)(F)F)cc2)c2ccsc2)CC1. The van der Waals surface area contributed by atoms with E-state index in [1.165, 1.54) is 0 Å². The van der Waals surface area contributed by atoms with Crippen molar-refractivity contribution in [2.24, 2.45) is 0 Å². The van der Waals surface area contributed by atoms with Crippen LogP contribution >= 0.6 is 11.3 Å². The molecule has 0 aliphatic carbocycles. The van der Waals surface area contributed by atoms with Crippen molar-refractivity contribution in [3.05, 3.63) is 52.2 Å². The summed E-state index contributed by atoms with van der Waals surface area (Å²) in [6.45, 7) is 3.81. The number of hydrogen-bond acceptors (Lipinski definition) is 5. The van der Waals surface area contributed by atoms with E-state index in [1.54, 1.807) is 11.3 Å². The minimum Gasteiger partial charge on any atom is -0.346 e. The minimum absolute atomic E-state index is 0.0484. The van der Waals surface area contributed by atoms with Crippen molar-refractivity contribution in [1.82, 2.24) is 15.1 Å². The zero-order valence-corrected chi connectivity index (χ0v) is 17.2. The molecule has 1 unspecified atom stereocenters. The lowest BCUT2D eigenvalue weighted by Gasteiger charge is -2.37. The highest BCUT2D eigenvalue weighted by Gasteiger charge is 2.30. The number of amides is 2. The molecule has 2 heterocycles. The standard InChI is InChI=1S/C20H23F3N4O2S/c1-26-7-9-27(10-8-26)17(14-6-11-30-13-14)12-24-18(28)19(29)25-16-4-2-15(3-5-16)20(21,22)23/h2-6,11,13,17H,7-10,12H2,1H3,(H,24,28)(H,25,29). The summed E-state index contributed by atoms with van der Waals surface area (Å²) < 4.78 is 37.9. The van der Waals surface area contributed by atoms with Crippen LogP contribution in [0.4, 0.5) is 18.9 Å². The Morgan fingerprint density at radius 1 is 1.07 bits per heavy atom. The molecule has 2 aromatic rings. The molecule has 2 N–H and O–H groups in total. The van der Waals surface area contributed by atoms with Gasteiger partial charge in [0.05, 0.1) is 11.6 Å². The maximum atomic E-state index is 12.6. The van der Waals surface area contributed by atoms with Crippen molar-refractivity contribution in [2.75, 3.05) is 45.1 Å². The molecule has 10 heteroatoms. The van der Waals surface area contributed by atoms with Crippen LogP contribution in [0.5, 0.6) is 0 Å². The van der Waals surface area contributed by atoms with Crippen LogP contribution in [-0.2, 0) is 15.8 Å². The highest BCUT2D eigenvalue weighted by atomic mass is 32.1. The van der Waals surface area contributed by atoms with Crippen LogP contribution in [0.3, 0.4) is 0 Å². The molecule has 0 radical (unpaired) electrons. The molecule has 3 rings (SSSR count). The fourth-order valence-corrected chi connectivity index (χ4v) is 3.96. The van der Waals surface area contributed by atoms with Crippen LogP contribution in [0.25, 0.3) is 0 Å². The fourth-order valence-electron chi connectivity index (χ4n) is 3.26. The molecular weight excluding hydrogens is 417 g/mol. The lowest BCUT2D eigenvalue weighted by atomic mass is 10.1. The Hall–Kier alpha value is -2.43. The topological polar surface area (TPSA) is 64.7 Å². The molecule has 1 aliphatic heterocycles. The van der Waals surface area contributed by atoms with Crippen LogP contribution < -0.4 is 10.6 Å². The van der Waals surface area contributed by atoms with Crippen LogP contribution in [-0.4, -0.2) is 61.4 Å². The number of halogens is 3. The number of benzene rings is 1. The number of carbonyl (C=O) groups excluding carboxylic acids is 2. The highest BCUT2D eigenvalue weighted by molar-refractivity contribution is 7.08. The van der Waals surface area contributed by atoms with Crippen molar-refractivity contribution in [1.29, 1.82) is 0 Å². The maximum Gasteiger partial charge on any atom is 0.416 e. The Kier molecular flexibility index (Phi) is 7.11. The number of piperazine rings is 1. The first-order chi connectivity index (χ1) is 14.2. The highest BCUT2D eigenvalue weighted by Crippen LogP contribution is 2.29. The van der Waals surface area contributed by atoms with Gasteiger partial charge in [0.25, 0.3) is 0 Å². The minimum atomic E-state index is -4.46. The summed E-state index contributed by atoms with van der Waals surface area (Å²) in [5, 5.41) is 8.98. The maximum absolute atomic E-state index is 12.6. The van der Waals surface area contributed by atoms with E-state index >= 15 is 0 Å². The monoisotopic (exact) mass is 440 g/mol. The molecule has 1 aromatic carbocycles. The Bertz CT molecular complexity index is 848. The van der Waals surface area contributed by atoms with Crippen molar-refractivity contribution >= 4 is 28.8 Å². The zero-order chi connectivity index (χ0) is 21.7. The lowest BCUT2D eigenvalue weighted by Crippen LogP contribution is -2.49. The zero-order valence-electron chi connectivity index (χ0n) is 16.4. The van der Waals surface area contributed by atoms with Gasteiger partial charge in [-0.15, -0.1) is 0 Å². The molecule has 30 heavy (non-hydrogen) atoms. The summed E-state index contributed by atoms with van der Waals surface area (Å²) in [5.74, 6) is -1.75. The quantitative estimate of drug-likeness (QED) is 0.702. The summed E-state index contributed by atoms with van der Waals surface area (Å²) in [4.78, 5) is 28.9. The van der Waals surface area contributed by atoms with Gasteiger partial charge < -0.3 is 15.5 Å². The second kappa shape index (κ2) is 9.59. The van der Waals surface area contributed by atoms with Gasteiger partial charge in [0.2, 0.25) is 0 Å². The average Bonchev–Trinajstić information content (AvgIpc) is 3.23. The van der Waals surface area contributed by atoms with E-state index in [0.717, 1.165) is 56.0 Å². The summed E-state index contributed by atoms with van der Waals surface area (Å²) in [6.07, 6.45) is -4.46. The fraction of sp³-hybridized carbons (Fsp3) is 0.400. The van der Waals surface area contributed by atoms with Gasteiger partial charge in [-0.05, 0) is 53.7 Å². The third-order valence-corrected chi connectivity index (χ3v) is 5.74. The molecular formula is C20H23F3N4O2S. The number of thiophene rings is 1. The Morgan fingerprint density at radius 2 is 1.73 bits per heavy atom. The first-order valence-electron chi connectivity index (χ1n) is 9.45. The Morgan fingerprint density at radius 3 is 2.30 bits per heavy atom. The average molecular weight is 440 g/mol. The number of hydrogen-bond donors (Lipinski definition) is 2. The van der Waals surface area contributed by atoms with Crippen LogP contribution in [0.1, 0.15) is 17.2 Å². The van der Waals surface area contributed by atoms with E-state index in [-0.39, 0.29) is 18.3 Å². The molecule has 1 saturated heterocycles. The number of anilines is 1. The smallest absolute Gasteiger partial charge is 0.346 e. The normalized spacial score (nSPS) is 16.8. The number of rotatable bonds is 5. The number of carbonyl (C=O) groups is 2. The van der Waals surface area contributed by atoms with Gasteiger partial charge in [0.15, 0.2) is 0 Å². The van der Waals surface area contributed by atoms with Crippen molar-refractivity contribution < 1.29 is 22.8 Å². The number of alkyl halides is 3. The molecule has 1 aromatic heterocycles. The van der Waals surface area contributed by atoms with Crippen LogP contribution in [0.15, 0.2) is 41.1 Å². The number of nitrogens with zero attached hydrogens (tertiary/aromatic N) is 2. The molecule has 2 amide bonds. The largest absolute Gasteiger partial charge is 0.416 e. The summed E-state index contributed by atoms with van der Waals surface area (Å²) >= 11 is 1.57. The van der Waals surface area contributed by atoms with E-state index in [9.17, 15) is 22.8 Å². The van der Waals surface area contributed by atoms with Crippen molar-refractivity contribution in [3.63, 3.8) is 0 Å².